The number of esters is 1. The van der Waals surface area contributed by atoms with Crippen LogP contribution in [0, 0.1) is 5.92 Å². The third-order valence-electron chi connectivity index (χ3n) is 1.89. The van der Waals surface area contributed by atoms with E-state index in [9.17, 15) is 4.79 Å². The van der Waals surface area contributed by atoms with Crippen LogP contribution >= 0.6 is 0 Å². The van der Waals surface area contributed by atoms with Gasteiger partial charge in [0.25, 0.3) is 0 Å². The van der Waals surface area contributed by atoms with Crippen LogP contribution in [0.2, 0.25) is 0 Å². The smallest absolute Gasteiger partial charge is 0.332 e. The first-order chi connectivity index (χ1) is 7.70. The van der Waals surface area contributed by atoms with Crippen LogP contribution in [0.1, 0.15) is 13.8 Å². The SMILES string of the molecule is CCOC(=O)COCCNCC(C)COC. The van der Waals surface area contributed by atoms with Crippen molar-refractivity contribution in [2.45, 2.75) is 13.8 Å². The second kappa shape index (κ2) is 10.9. The third-order valence-corrected chi connectivity index (χ3v) is 1.89. The molecule has 5 heteroatoms. The molecule has 0 radical (unpaired) electrons. The summed E-state index contributed by atoms with van der Waals surface area (Å²) in [5.41, 5.74) is 0. The number of nitrogens with one attached hydrogen (secondary N) is 1. The predicted octanol–water partition coefficient (Wildman–Crippen LogP) is 0.438. The van der Waals surface area contributed by atoms with Gasteiger partial charge in [0.15, 0.2) is 0 Å². The highest BCUT2D eigenvalue weighted by Gasteiger charge is 2.02. The maximum absolute atomic E-state index is 10.9. The van der Waals surface area contributed by atoms with Crippen LogP contribution in [0.5, 0.6) is 0 Å². The van der Waals surface area contributed by atoms with E-state index in [0.717, 1.165) is 19.7 Å². The number of methoxy groups -OCH3 is 1. The molecule has 0 aromatic heterocycles. The first kappa shape index (κ1) is 15.3. The monoisotopic (exact) mass is 233 g/mol. The topological polar surface area (TPSA) is 56.8 Å². The maximum Gasteiger partial charge on any atom is 0.332 e. The first-order valence-corrected chi connectivity index (χ1v) is 5.63. The third kappa shape index (κ3) is 9.89. The van der Waals surface area contributed by atoms with Crippen LogP contribution in [0.3, 0.4) is 0 Å². The van der Waals surface area contributed by atoms with Crippen LogP contribution in [0.4, 0.5) is 0 Å². The average Bonchev–Trinajstić information content (AvgIpc) is 2.24. The zero-order valence-corrected chi connectivity index (χ0v) is 10.5. The molecule has 0 aliphatic rings. The lowest BCUT2D eigenvalue weighted by Gasteiger charge is -2.11. The summed E-state index contributed by atoms with van der Waals surface area (Å²) in [5.74, 6) is 0.172. The van der Waals surface area contributed by atoms with Crippen LogP contribution in [-0.2, 0) is 19.0 Å². The van der Waals surface area contributed by atoms with Crippen molar-refractivity contribution in [1.82, 2.24) is 5.32 Å². The molecule has 1 N–H and O–H groups in total. The number of carbonyl (C=O) groups is 1. The van der Waals surface area contributed by atoms with Gasteiger partial charge in [-0.05, 0) is 19.4 Å². The van der Waals surface area contributed by atoms with Crippen LogP contribution in [-0.4, -0.2) is 52.6 Å². The molecule has 0 aromatic rings. The number of ether oxygens (including phenoxy) is 3. The van der Waals surface area contributed by atoms with E-state index in [1.165, 1.54) is 0 Å². The molecule has 0 saturated heterocycles. The van der Waals surface area contributed by atoms with E-state index in [2.05, 4.69) is 12.2 Å². The van der Waals surface area contributed by atoms with E-state index >= 15 is 0 Å². The minimum atomic E-state index is -0.310. The normalized spacial score (nSPS) is 12.4. The molecule has 0 fully saturated rings. The van der Waals surface area contributed by atoms with Gasteiger partial charge in [-0.2, -0.15) is 0 Å². The van der Waals surface area contributed by atoms with E-state index < -0.39 is 0 Å². The molecule has 0 spiro atoms. The number of hydrogen-bond acceptors (Lipinski definition) is 5. The minimum absolute atomic E-state index is 0.0309. The molecular formula is C11H23NO4. The van der Waals surface area contributed by atoms with Crippen molar-refractivity contribution in [3.63, 3.8) is 0 Å². The molecule has 0 rings (SSSR count). The van der Waals surface area contributed by atoms with E-state index in [4.69, 9.17) is 14.2 Å². The fourth-order valence-electron chi connectivity index (χ4n) is 1.19. The molecule has 0 amide bonds. The summed E-state index contributed by atoms with van der Waals surface area (Å²) >= 11 is 0. The molecule has 0 saturated carbocycles. The van der Waals surface area contributed by atoms with E-state index in [1.807, 2.05) is 0 Å². The van der Waals surface area contributed by atoms with Gasteiger partial charge >= 0.3 is 5.97 Å². The lowest BCUT2D eigenvalue weighted by Crippen LogP contribution is -2.27. The van der Waals surface area contributed by atoms with E-state index in [0.29, 0.717) is 19.1 Å². The van der Waals surface area contributed by atoms with Crippen molar-refractivity contribution in [3.05, 3.63) is 0 Å². The lowest BCUT2D eigenvalue weighted by atomic mass is 10.2. The van der Waals surface area contributed by atoms with Crippen LogP contribution in [0.15, 0.2) is 0 Å². The molecular weight excluding hydrogens is 210 g/mol. The number of carbonyl (C=O) groups excluding carboxylic acids is 1. The largest absolute Gasteiger partial charge is 0.464 e. The van der Waals surface area contributed by atoms with Crippen molar-refractivity contribution < 1.29 is 19.0 Å². The van der Waals surface area contributed by atoms with Crippen molar-refractivity contribution >= 4 is 5.97 Å². The molecule has 5 nitrogen and oxygen atoms in total. The van der Waals surface area contributed by atoms with Crippen molar-refractivity contribution in [3.8, 4) is 0 Å². The van der Waals surface area contributed by atoms with Crippen LogP contribution in [0.25, 0.3) is 0 Å². The highest BCUT2D eigenvalue weighted by Crippen LogP contribution is 1.91. The Bertz CT molecular complexity index is 175. The predicted molar refractivity (Wildman–Crippen MR) is 61.4 cm³/mol. The Labute approximate surface area is 97.4 Å². The summed E-state index contributed by atoms with van der Waals surface area (Å²) in [4.78, 5) is 10.9. The molecule has 16 heavy (non-hydrogen) atoms. The zero-order chi connectivity index (χ0) is 12.2. The maximum atomic E-state index is 10.9. The van der Waals surface area contributed by atoms with Gasteiger partial charge in [0.1, 0.15) is 6.61 Å². The summed E-state index contributed by atoms with van der Waals surface area (Å²) in [5, 5.41) is 3.22. The van der Waals surface area contributed by atoms with Gasteiger partial charge in [-0.25, -0.2) is 4.79 Å². The number of hydrogen-bond donors (Lipinski definition) is 1. The Morgan fingerprint density at radius 2 is 2.19 bits per heavy atom. The van der Waals surface area contributed by atoms with E-state index in [1.54, 1.807) is 14.0 Å². The van der Waals surface area contributed by atoms with Gasteiger partial charge in [-0.15, -0.1) is 0 Å². The molecule has 0 bridgehead atoms. The molecule has 1 unspecified atom stereocenters. The van der Waals surface area contributed by atoms with Gasteiger partial charge in [0.05, 0.1) is 13.2 Å². The Hall–Kier alpha value is -0.650. The van der Waals surface area contributed by atoms with E-state index in [-0.39, 0.29) is 12.6 Å². The molecule has 0 aromatic carbocycles. The summed E-state index contributed by atoms with van der Waals surface area (Å²) in [6, 6.07) is 0. The molecule has 0 aliphatic heterocycles. The number of rotatable bonds is 10. The summed E-state index contributed by atoms with van der Waals surface area (Å²) in [6.45, 7) is 7.18. The fourth-order valence-corrected chi connectivity index (χ4v) is 1.19. The standard InChI is InChI=1S/C11H23NO4/c1-4-16-11(13)9-15-6-5-12-7-10(2)8-14-3/h10,12H,4-9H2,1-3H3. The first-order valence-electron chi connectivity index (χ1n) is 5.63. The second-order valence-electron chi connectivity index (χ2n) is 3.62. The zero-order valence-electron chi connectivity index (χ0n) is 10.5. The second-order valence-corrected chi connectivity index (χ2v) is 3.62. The summed E-state index contributed by atoms with van der Waals surface area (Å²) < 4.78 is 14.8. The van der Waals surface area contributed by atoms with Crippen molar-refractivity contribution in [2.24, 2.45) is 5.92 Å². The fraction of sp³-hybridized carbons (Fsp3) is 0.909. The molecule has 96 valence electrons. The summed E-state index contributed by atoms with van der Waals surface area (Å²) in [6.07, 6.45) is 0. The van der Waals surface area contributed by atoms with Gasteiger partial charge in [-0.1, -0.05) is 6.92 Å². The lowest BCUT2D eigenvalue weighted by molar-refractivity contribution is -0.148. The van der Waals surface area contributed by atoms with Gasteiger partial charge in [0, 0.05) is 20.3 Å². The van der Waals surface area contributed by atoms with Crippen molar-refractivity contribution in [2.75, 3.05) is 46.6 Å². The Kier molecular flexibility index (Phi) is 10.4. The Morgan fingerprint density at radius 3 is 2.81 bits per heavy atom. The van der Waals surface area contributed by atoms with Gasteiger partial charge in [0.2, 0.25) is 0 Å². The summed E-state index contributed by atoms with van der Waals surface area (Å²) in [7, 11) is 1.69. The minimum Gasteiger partial charge on any atom is -0.464 e. The molecule has 0 aliphatic carbocycles. The van der Waals surface area contributed by atoms with Gasteiger partial charge < -0.3 is 19.5 Å². The Morgan fingerprint density at radius 1 is 1.44 bits per heavy atom. The highest BCUT2D eigenvalue weighted by molar-refractivity contribution is 5.70. The quantitative estimate of drug-likeness (QED) is 0.438. The van der Waals surface area contributed by atoms with Crippen LogP contribution < -0.4 is 5.32 Å². The average molecular weight is 233 g/mol. The van der Waals surface area contributed by atoms with Gasteiger partial charge in [-0.3, -0.25) is 0 Å². The molecule has 0 heterocycles. The highest BCUT2D eigenvalue weighted by atomic mass is 16.6. The molecule has 1 atom stereocenters. The Balaban J connectivity index is 3.18. The van der Waals surface area contributed by atoms with Crippen molar-refractivity contribution in [1.29, 1.82) is 0 Å².